The third kappa shape index (κ3) is 5.61. The van der Waals surface area contributed by atoms with Crippen molar-refractivity contribution in [2.75, 3.05) is 38.0 Å². The molecule has 2 unspecified atom stereocenters. The minimum absolute atomic E-state index is 0.0335. The first-order chi connectivity index (χ1) is 14.4. The zero-order chi connectivity index (χ0) is 21.7. The Kier molecular flexibility index (Phi) is 7.89. The van der Waals surface area contributed by atoms with Crippen LogP contribution in [0.15, 0.2) is 18.2 Å². The highest BCUT2D eigenvalue weighted by Gasteiger charge is 2.33. The van der Waals surface area contributed by atoms with E-state index < -0.39 is 0 Å². The van der Waals surface area contributed by atoms with Crippen LogP contribution in [0.5, 0.6) is 0 Å². The van der Waals surface area contributed by atoms with Gasteiger partial charge in [-0.15, -0.1) is 0 Å². The molecule has 0 radical (unpaired) electrons. The van der Waals surface area contributed by atoms with Crippen molar-refractivity contribution in [3.05, 3.63) is 29.3 Å². The van der Waals surface area contributed by atoms with Crippen molar-refractivity contribution in [3.8, 4) is 0 Å². The lowest BCUT2D eigenvalue weighted by Gasteiger charge is -2.39. The maximum atomic E-state index is 12.9. The van der Waals surface area contributed by atoms with E-state index in [9.17, 15) is 9.59 Å². The van der Waals surface area contributed by atoms with E-state index in [4.69, 9.17) is 4.74 Å². The topological polar surface area (TPSA) is 61.9 Å². The van der Waals surface area contributed by atoms with Crippen molar-refractivity contribution in [2.24, 2.45) is 5.92 Å². The van der Waals surface area contributed by atoms with Gasteiger partial charge in [0.1, 0.15) is 0 Å². The summed E-state index contributed by atoms with van der Waals surface area (Å²) < 4.78 is 5.75. The predicted octanol–water partition coefficient (Wildman–Crippen LogP) is 3.10. The number of carbonyl (C=O) groups is 2. The SMILES string of the molecule is CCc1cccc(CC)c1NC(=O)CN1CCC(C(=O)N2CC(C)OC(C)C2)CC1. The van der Waals surface area contributed by atoms with Gasteiger partial charge in [-0.2, -0.15) is 0 Å². The van der Waals surface area contributed by atoms with Gasteiger partial charge in [0.05, 0.1) is 18.8 Å². The zero-order valence-electron chi connectivity index (χ0n) is 18.9. The number of benzene rings is 1. The second-order valence-electron chi connectivity index (χ2n) is 8.76. The highest BCUT2D eigenvalue weighted by atomic mass is 16.5. The van der Waals surface area contributed by atoms with Crippen molar-refractivity contribution < 1.29 is 14.3 Å². The van der Waals surface area contributed by atoms with Gasteiger partial charge >= 0.3 is 0 Å². The summed E-state index contributed by atoms with van der Waals surface area (Å²) in [6, 6.07) is 6.23. The van der Waals surface area contributed by atoms with Gasteiger partial charge in [0, 0.05) is 24.7 Å². The monoisotopic (exact) mass is 415 g/mol. The molecule has 2 fully saturated rings. The number of carbonyl (C=O) groups excluding carboxylic acids is 2. The minimum atomic E-state index is 0.0335. The first-order valence-corrected chi connectivity index (χ1v) is 11.5. The molecule has 0 spiro atoms. The molecule has 0 aliphatic carbocycles. The van der Waals surface area contributed by atoms with Gasteiger partial charge in [0.15, 0.2) is 0 Å². The standard InChI is InChI=1S/C24H37N3O3/c1-5-19-8-7-9-20(6-2)23(19)25-22(28)16-26-12-10-21(11-13-26)24(29)27-14-17(3)30-18(4)15-27/h7-9,17-18,21H,5-6,10-16H2,1-4H3,(H,25,28). The third-order valence-corrected chi connectivity index (χ3v) is 6.30. The van der Waals surface area contributed by atoms with E-state index >= 15 is 0 Å². The number of likely N-dealkylation sites (tertiary alicyclic amines) is 1. The Bertz CT molecular complexity index is 711. The molecule has 6 heteroatoms. The van der Waals surface area contributed by atoms with Crippen LogP contribution in [-0.4, -0.2) is 66.5 Å². The molecular formula is C24H37N3O3. The Balaban J connectivity index is 1.50. The van der Waals surface area contributed by atoms with Crippen molar-refractivity contribution in [3.63, 3.8) is 0 Å². The van der Waals surface area contributed by atoms with Gasteiger partial charge in [-0.25, -0.2) is 0 Å². The molecule has 0 saturated carbocycles. The fourth-order valence-electron chi connectivity index (χ4n) is 4.74. The minimum Gasteiger partial charge on any atom is -0.372 e. The molecule has 2 saturated heterocycles. The molecule has 166 valence electrons. The number of ether oxygens (including phenoxy) is 1. The molecule has 0 bridgehead atoms. The quantitative estimate of drug-likeness (QED) is 0.776. The van der Waals surface area contributed by atoms with E-state index in [0.29, 0.717) is 19.6 Å². The van der Waals surface area contributed by atoms with E-state index in [1.54, 1.807) is 0 Å². The number of rotatable bonds is 6. The smallest absolute Gasteiger partial charge is 0.238 e. The van der Waals surface area contributed by atoms with Gasteiger partial charge in [-0.1, -0.05) is 32.0 Å². The lowest BCUT2D eigenvalue weighted by molar-refractivity contribution is -0.148. The molecule has 2 aliphatic heterocycles. The van der Waals surface area contributed by atoms with E-state index in [-0.39, 0.29) is 29.9 Å². The summed E-state index contributed by atoms with van der Waals surface area (Å²) in [6.07, 6.45) is 3.63. The highest BCUT2D eigenvalue weighted by molar-refractivity contribution is 5.94. The molecule has 3 rings (SSSR count). The number of aryl methyl sites for hydroxylation is 2. The van der Waals surface area contributed by atoms with Gasteiger partial charge < -0.3 is 15.0 Å². The molecule has 6 nitrogen and oxygen atoms in total. The van der Waals surface area contributed by atoms with Crippen LogP contribution in [0.2, 0.25) is 0 Å². The van der Waals surface area contributed by atoms with Crippen molar-refractivity contribution >= 4 is 17.5 Å². The molecule has 1 N–H and O–H groups in total. The largest absolute Gasteiger partial charge is 0.372 e. The van der Waals surface area contributed by atoms with E-state index in [1.165, 1.54) is 11.1 Å². The fraction of sp³-hybridized carbons (Fsp3) is 0.667. The normalized spacial score (nSPS) is 23.4. The second kappa shape index (κ2) is 10.4. The van der Waals surface area contributed by atoms with E-state index in [1.807, 2.05) is 18.7 Å². The Morgan fingerprint density at radius 1 is 1.03 bits per heavy atom. The van der Waals surface area contributed by atoms with Crippen LogP contribution in [0.3, 0.4) is 0 Å². The predicted molar refractivity (Wildman–Crippen MR) is 120 cm³/mol. The molecule has 0 aromatic heterocycles. The highest BCUT2D eigenvalue weighted by Crippen LogP contribution is 2.24. The van der Waals surface area contributed by atoms with Crippen LogP contribution in [-0.2, 0) is 27.2 Å². The molecular weight excluding hydrogens is 378 g/mol. The molecule has 30 heavy (non-hydrogen) atoms. The van der Waals surface area contributed by atoms with Crippen molar-refractivity contribution in [2.45, 2.75) is 65.6 Å². The number of hydrogen-bond donors (Lipinski definition) is 1. The summed E-state index contributed by atoms with van der Waals surface area (Å²) in [7, 11) is 0. The average molecular weight is 416 g/mol. The number of hydrogen-bond acceptors (Lipinski definition) is 4. The van der Waals surface area contributed by atoms with Crippen molar-refractivity contribution in [1.29, 1.82) is 0 Å². The Labute approximate surface area is 180 Å². The van der Waals surface area contributed by atoms with Crippen molar-refractivity contribution in [1.82, 2.24) is 9.80 Å². The van der Waals surface area contributed by atoms with E-state index in [0.717, 1.165) is 44.5 Å². The van der Waals surface area contributed by atoms with Gasteiger partial charge in [0.25, 0.3) is 0 Å². The number of nitrogens with one attached hydrogen (secondary N) is 1. The van der Waals surface area contributed by atoms with Gasteiger partial charge in [-0.05, 0) is 63.7 Å². The number of nitrogens with zero attached hydrogens (tertiary/aromatic N) is 2. The zero-order valence-corrected chi connectivity index (χ0v) is 18.9. The van der Waals surface area contributed by atoms with Gasteiger partial charge in [-0.3, -0.25) is 14.5 Å². The third-order valence-electron chi connectivity index (χ3n) is 6.30. The van der Waals surface area contributed by atoms with Crippen LogP contribution in [0, 0.1) is 5.92 Å². The molecule has 2 heterocycles. The maximum absolute atomic E-state index is 12.9. The summed E-state index contributed by atoms with van der Waals surface area (Å²) >= 11 is 0. The number of amides is 2. The lowest BCUT2D eigenvalue weighted by atomic mass is 9.94. The number of anilines is 1. The Morgan fingerprint density at radius 3 is 2.13 bits per heavy atom. The molecule has 1 aromatic carbocycles. The first kappa shape index (κ1) is 22.8. The van der Waals surface area contributed by atoms with E-state index in [2.05, 4.69) is 42.3 Å². The summed E-state index contributed by atoms with van der Waals surface area (Å²) in [5.74, 6) is 0.353. The van der Waals surface area contributed by atoms with Crippen LogP contribution in [0.25, 0.3) is 0 Å². The molecule has 2 amide bonds. The second-order valence-corrected chi connectivity index (χ2v) is 8.76. The Morgan fingerprint density at radius 2 is 1.60 bits per heavy atom. The fourth-order valence-corrected chi connectivity index (χ4v) is 4.74. The Hall–Kier alpha value is -1.92. The summed E-state index contributed by atoms with van der Waals surface area (Å²) in [6.45, 7) is 11.6. The summed E-state index contributed by atoms with van der Waals surface area (Å²) in [5.41, 5.74) is 3.34. The van der Waals surface area contributed by atoms with Crippen LogP contribution in [0.1, 0.15) is 51.7 Å². The van der Waals surface area contributed by atoms with Gasteiger partial charge in [0.2, 0.25) is 11.8 Å². The number of para-hydroxylation sites is 1. The lowest BCUT2D eigenvalue weighted by Crippen LogP contribution is -2.51. The summed E-state index contributed by atoms with van der Waals surface area (Å²) in [5, 5.41) is 3.15. The maximum Gasteiger partial charge on any atom is 0.238 e. The number of morpholine rings is 1. The van der Waals surface area contributed by atoms with Crippen LogP contribution >= 0.6 is 0 Å². The first-order valence-electron chi connectivity index (χ1n) is 11.5. The molecule has 2 atom stereocenters. The molecule has 1 aromatic rings. The molecule has 2 aliphatic rings. The van der Waals surface area contributed by atoms with Crippen LogP contribution in [0.4, 0.5) is 5.69 Å². The average Bonchev–Trinajstić information content (AvgIpc) is 2.73. The van der Waals surface area contributed by atoms with Crippen LogP contribution < -0.4 is 5.32 Å². The number of piperidine rings is 1. The summed E-state index contributed by atoms with van der Waals surface area (Å²) in [4.78, 5) is 29.8.